The molecule has 0 aliphatic rings. The Morgan fingerprint density at radius 3 is 2.71 bits per heavy atom. The molecule has 3 N–H and O–H groups in total. The minimum Gasteiger partial charge on any atom is -0.480 e. The van der Waals surface area contributed by atoms with E-state index in [1.54, 1.807) is 24.4 Å². The molecule has 1 aromatic heterocycles. The molecule has 0 aliphatic carbocycles. The van der Waals surface area contributed by atoms with Gasteiger partial charge in [0.1, 0.15) is 6.04 Å². The summed E-state index contributed by atoms with van der Waals surface area (Å²) in [5.41, 5.74) is 0.568. The molecule has 0 radical (unpaired) electrons. The molecule has 1 unspecified atom stereocenters. The average molecular weight is 238 g/mol. The summed E-state index contributed by atoms with van der Waals surface area (Å²) in [5.74, 6) is -1.59. The number of rotatable bonds is 6. The van der Waals surface area contributed by atoms with Crippen molar-refractivity contribution in [2.75, 3.05) is 6.61 Å². The van der Waals surface area contributed by atoms with E-state index in [0.29, 0.717) is 5.69 Å². The van der Waals surface area contributed by atoms with Crippen LogP contribution in [0.4, 0.5) is 0 Å². The van der Waals surface area contributed by atoms with Gasteiger partial charge in [-0.15, -0.1) is 0 Å². The topological polar surface area (TPSA) is 99.5 Å². The molecule has 0 saturated carbocycles. The van der Waals surface area contributed by atoms with E-state index >= 15 is 0 Å². The fourth-order valence-electron chi connectivity index (χ4n) is 1.30. The van der Waals surface area contributed by atoms with Gasteiger partial charge < -0.3 is 15.5 Å². The van der Waals surface area contributed by atoms with Crippen molar-refractivity contribution in [2.24, 2.45) is 0 Å². The highest BCUT2D eigenvalue weighted by Crippen LogP contribution is 1.97. The number of nitrogens with zero attached hydrogens (tertiary/aromatic N) is 1. The van der Waals surface area contributed by atoms with E-state index in [1.165, 1.54) is 0 Å². The van der Waals surface area contributed by atoms with Crippen LogP contribution in [0.25, 0.3) is 0 Å². The number of amides is 1. The van der Waals surface area contributed by atoms with Crippen LogP contribution in [0, 0.1) is 0 Å². The lowest BCUT2D eigenvalue weighted by Crippen LogP contribution is -2.42. The Morgan fingerprint density at radius 1 is 1.41 bits per heavy atom. The molecule has 92 valence electrons. The zero-order chi connectivity index (χ0) is 12.7. The third-order valence-electron chi connectivity index (χ3n) is 2.12. The second-order valence-electron chi connectivity index (χ2n) is 3.47. The maximum Gasteiger partial charge on any atom is 0.326 e. The molecule has 1 amide bonds. The molecule has 0 saturated heterocycles. The fraction of sp³-hybridized carbons (Fsp3) is 0.364. The molecule has 17 heavy (non-hydrogen) atoms. The molecule has 6 nitrogen and oxygen atoms in total. The van der Waals surface area contributed by atoms with Gasteiger partial charge in [-0.25, -0.2) is 4.79 Å². The van der Waals surface area contributed by atoms with E-state index in [0.717, 1.165) is 0 Å². The lowest BCUT2D eigenvalue weighted by Gasteiger charge is -2.12. The zero-order valence-electron chi connectivity index (χ0n) is 9.17. The second kappa shape index (κ2) is 6.59. The van der Waals surface area contributed by atoms with Crippen LogP contribution in [0.5, 0.6) is 0 Å². The van der Waals surface area contributed by atoms with Gasteiger partial charge >= 0.3 is 5.97 Å². The number of aliphatic hydroxyl groups excluding tert-OH is 1. The molecular weight excluding hydrogens is 224 g/mol. The number of carboxylic acid groups (broad SMARTS) is 1. The Hall–Kier alpha value is -1.95. The minimum absolute atomic E-state index is 0.0106. The van der Waals surface area contributed by atoms with E-state index in [-0.39, 0.29) is 19.4 Å². The van der Waals surface area contributed by atoms with Crippen molar-refractivity contribution >= 4 is 11.9 Å². The molecule has 1 aromatic rings. The van der Waals surface area contributed by atoms with Crippen LogP contribution < -0.4 is 5.32 Å². The lowest BCUT2D eigenvalue weighted by molar-refractivity contribution is -0.142. The van der Waals surface area contributed by atoms with Crippen molar-refractivity contribution in [3.63, 3.8) is 0 Å². The van der Waals surface area contributed by atoms with E-state index in [9.17, 15) is 9.59 Å². The summed E-state index contributed by atoms with van der Waals surface area (Å²) in [6, 6.07) is 4.10. The van der Waals surface area contributed by atoms with E-state index < -0.39 is 17.9 Å². The summed E-state index contributed by atoms with van der Waals surface area (Å²) in [5, 5.41) is 19.8. The summed E-state index contributed by atoms with van der Waals surface area (Å²) in [4.78, 5) is 26.2. The number of carboxylic acids is 1. The molecule has 0 aromatic carbocycles. The number of hydrogen-bond donors (Lipinski definition) is 3. The molecule has 6 heteroatoms. The first-order valence-corrected chi connectivity index (χ1v) is 5.16. The summed E-state index contributed by atoms with van der Waals surface area (Å²) >= 11 is 0. The quantitative estimate of drug-likeness (QED) is 0.625. The molecule has 0 bridgehead atoms. The summed E-state index contributed by atoms with van der Waals surface area (Å²) in [6.07, 6.45) is 1.57. The Balaban J connectivity index is 2.51. The number of carbonyl (C=O) groups excluding carboxylic acids is 1. The van der Waals surface area contributed by atoms with Crippen molar-refractivity contribution in [3.8, 4) is 0 Å². The minimum atomic E-state index is -1.16. The normalized spacial score (nSPS) is 11.8. The van der Waals surface area contributed by atoms with Crippen LogP contribution in [0.3, 0.4) is 0 Å². The van der Waals surface area contributed by atoms with Crippen LogP contribution in [-0.4, -0.2) is 39.7 Å². The van der Waals surface area contributed by atoms with Crippen molar-refractivity contribution in [3.05, 3.63) is 30.1 Å². The average Bonchev–Trinajstić information content (AvgIpc) is 2.29. The van der Waals surface area contributed by atoms with Crippen LogP contribution in [0.2, 0.25) is 0 Å². The first-order chi connectivity index (χ1) is 8.13. The number of nitrogens with one attached hydrogen (secondary N) is 1. The van der Waals surface area contributed by atoms with Gasteiger partial charge in [0.15, 0.2) is 0 Å². The predicted octanol–water partition coefficient (Wildman–Crippen LogP) is -0.424. The third-order valence-corrected chi connectivity index (χ3v) is 2.12. The Bertz CT molecular complexity index is 380. The number of aliphatic carboxylic acids is 1. The predicted molar refractivity (Wildman–Crippen MR) is 59.2 cm³/mol. The first kappa shape index (κ1) is 13.1. The first-order valence-electron chi connectivity index (χ1n) is 5.16. The highest BCUT2D eigenvalue weighted by Gasteiger charge is 2.19. The Kier molecular flexibility index (Phi) is 5.09. The van der Waals surface area contributed by atoms with Crippen LogP contribution in [0.1, 0.15) is 12.1 Å². The lowest BCUT2D eigenvalue weighted by atomic mass is 10.2. The molecule has 0 aliphatic heterocycles. The molecular formula is C11H14N2O4. The van der Waals surface area contributed by atoms with Crippen LogP contribution in [-0.2, 0) is 16.0 Å². The van der Waals surface area contributed by atoms with Gasteiger partial charge in [0.05, 0.1) is 6.42 Å². The van der Waals surface area contributed by atoms with Crippen LogP contribution in [0.15, 0.2) is 24.4 Å². The van der Waals surface area contributed by atoms with Gasteiger partial charge in [-0.3, -0.25) is 9.78 Å². The SMILES string of the molecule is O=C(Cc1ccccn1)NC(CCO)C(=O)O. The van der Waals surface area contributed by atoms with E-state index in [4.69, 9.17) is 10.2 Å². The van der Waals surface area contributed by atoms with Gasteiger partial charge in [-0.1, -0.05) is 6.07 Å². The molecule has 1 heterocycles. The van der Waals surface area contributed by atoms with Gasteiger partial charge in [-0.2, -0.15) is 0 Å². The van der Waals surface area contributed by atoms with Crippen molar-refractivity contribution in [2.45, 2.75) is 18.9 Å². The Labute approximate surface area is 98.3 Å². The van der Waals surface area contributed by atoms with E-state index in [1.807, 2.05) is 0 Å². The molecule has 1 atom stereocenters. The van der Waals surface area contributed by atoms with Crippen LogP contribution >= 0.6 is 0 Å². The van der Waals surface area contributed by atoms with E-state index in [2.05, 4.69) is 10.3 Å². The molecule has 1 rings (SSSR count). The number of aromatic nitrogens is 1. The molecule has 0 fully saturated rings. The standard InChI is InChI=1S/C11H14N2O4/c14-6-4-9(11(16)17)13-10(15)7-8-3-1-2-5-12-8/h1-3,5,9,14H,4,6-7H2,(H,13,15)(H,16,17). The smallest absolute Gasteiger partial charge is 0.326 e. The maximum absolute atomic E-state index is 11.5. The third kappa shape index (κ3) is 4.60. The summed E-state index contributed by atoms with van der Waals surface area (Å²) in [7, 11) is 0. The van der Waals surface area contributed by atoms with Gasteiger partial charge in [-0.05, 0) is 12.1 Å². The number of carbonyl (C=O) groups is 2. The zero-order valence-corrected chi connectivity index (χ0v) is 9.17. The maximum atomic E-state index is 11.5. The number of pyridine rings is 1. The van der Waals surface area contributed by atoms with Gasteiger partial charge in [0, 0.05) is 24.9 Å². The fourth-order valence-corrected chi connectivity index (χ4v) is 1.30. The Morgan fingerprint density at radius 2 is 2.18 bits per heavy atom. The highest BCUT2D eigenvalue weighted by molar-refractivity contribution is 5.84. The van der Waals surface area contributed by atoms with Gasteiger partial charge in [0.25, 0.3) is 0 Å². The summed E-state index contributed by atoms with van der Waals surface area (Å²) in [6.45, 7) is -0.291. The largest absolute Gasteiger partial charge is 0.480 e. The van der Waals surface area contributed by atoms with Crippen molar-refractivity contribution in [1.29, 1.82) is 0 Å². The number of hydrogen-bond acceptors (Lipinski definition) is 4. The monoisotopic (exact) mass is 238 g/mol. The van der Waals surface area contributed by atoms with Gasteiger partial charge in [0.2, 0.25) is 5.91 Å². The van der Waals surface area contributed by atoms with Crippen molar-refractivity contribution in [1.82, 2.24) is 10.3 Å². The summed E-state index contributed by atoms with van der Waals surface area (Å²) < 4.78 is 0. The number of aliphatic hydroxyl groups is 1. The molecule has 0 spiro atoms. The van der Waals surface area contributed by atoms with Crippen molar-refractivity contribution < 1.29 is 19.8 Å². The second-order valence-corrected chi connectivity index (χ2v) is 3.47. The highest BCUT2D eigenvalue weighted by atomic mass is 16.4.